The summed E-state index contributed by atoms with van der Waals surface area (Å²) in [4.78, 5) is 15.7. The molecule has 4 nitrogen and oxygen atoms in total. The van der Waals surface area contributed by atoms with Crippen molar-refractivity contribution in [2.75, 3.05) is 33.2 Å². The van der Waals surface area contributed by atoms with Gasteiger partial charge in [-0.25, -0.2) is 0 Å². The summed E-state index contributed by atoms with van der Waals surface area (Å²) in [5.41, 5.74) is 0.987. The van der Waals surface area contributed by atoms with Crippen LogP contribution in [-0.4, -0.2) is 54.1 Å². The summed E-state index contributed by atoms with van der Waals surface area (Å²) >= 11 is 9.47. The number of benzene rings is 1. The van der Waals surface area contributed by atoms with Gasteiger partial charge >= 0.3 is 5.97 Å². The predicted octanol–water partition coefficient (Wildman–Crippen LogP) is 2.87. The van der Waals surface area contributed by atoms with E-state index in [0.717, 1.165) is 36.2 Å². The molecule has 2 rings (SSSR count). The lowest BCUT2D eigenvalue weighted by Gasteiger charge is -2.38. The van der Waals surface area contributed by atoms with Crippen LogP contribution in [0.15, 0.2) is 22.7 Å². The predicted molar refractivity (Wildman–Crippen MR) is 83.2 cm³/mol. The van der Waals surface area contributed by atoms with Crippen molar-refractivity contribution in [1.29, 1.82) is 0 Å². The third-order valence-corrected chi connectivity index (χ3v) is 4.59. The highest BCUT2D eigenvalue weighted by Gasteiger charge is 2.27. The van der Waals surface area contributed by atoms with Gasteiger partial charge in [-0.2, -0.15) is 0 Å². The molecule has 1 saturated heterocycles. The van der Waals surface area contributed by atoms with Gasteiger partial charge in [0.1, 0.15) is 0 Å². The van der Waals surface area contributed by atoms with Crippen molar-refractivity contribution in [1.82, 2.24) is 9.80 Å². The van der Waals surface area contributed by atoms with E-state index in [-0.39, 0.29) is 12.5 Å². The van der Waals surface area contributed by atoms with Crippen molar-refractivity contribution < 1.29 is 9.90 Å². The van der Waals surface area contributed by atoms with Gasteiger partial charge in [-0.05, 0) is 24.7 Å². The summed E-state index contributed by atoms with van der Waals surface area (Å²) in [5, 5.41) is 9.84. The first-order chi connectivity index (χ1) is 9.47. The fourth-order valence-electron chi connectivity index (χ4n) is 2.51. The van der Waals surface area contributed by atoms with Gasteiger partial charge in [-0.3, -0.25) is 9.69 Å². The van der Waals surface area contributed by atoms with Crippen molar-refractivity contribution in [3.8, 4) is 0 Å². The fraction of sp³-hybridized carbons (Fsp3) is 0.500. The Kier molecular flexibility index (Phi) is 5.43. The lowest BCUT2D eigenvalue weighted by Crippen LogP contribution is -2.46. The molecule has 1 aromatic rings. The number of nitrogens with zero attached hydrogens (tertiary/aromatic N) is 2. The summed E-state index contributed by atoms with van der Waals surface area (Å²) in [6.45, 7) is 3.68. The molecule has 0 radical (unpaired) electrons. The van der Waals surface area contributed by atoms with Crippen LogP contribution in [0, 0.1) is 0 Å². The number of likely N-dealkylation sites (N-methyl/N-ethyl adjacent to an activating group) is 1. The van der Waals surface area contributed by atoms with E-state index in [9.17, 15) is 9.90 Å². The zero-order valence-electron chi connectivity index (χ0n) is 11.4. The summed E-state index contributed by atoms with van der Waals surface area (Å²) in [5.74, 6) is -0.782. The lowest BCUT2D eigenvalue weighted by atomic mass is 10.0. The monoisotopic (exact) mass is 360 g/mol. The summed E-state index contributed by atoms with van der Waals surface area (Å²) < 4.78 is 0.871. The van der Waals surface area contributed by atoms with E-state index in [0.29, 0.717) is 5.02 Å². The molecule has 1 fully saturated rings. The van der Waals surface area contributed by atoms with Crippen LogP contribution < -0.4 is 0 Å². The van der Waals surface area contributed by atoms with Crippen molar-refractivity contribution in [3.05, 3.63) is 33.3 Å². The number of piperazine rings is 1. The number of carboxylic acid groups (broad SMARTS) is 1. The number of rotatable bonds is 4. The second-order valence-corrected chi connectivity index (χ2v) is 6.41. The van der Waals surface area contributed by atoms with Crippen molar-refractivity contribution in [2.24, 2.45) is 0 Å². The van der Waals surface area contributed by atoms with E-state index >= 15 is 0 Å². The zero-order chi connectivity index (χ0) is 14.7. The smallest absolute Gasteiger partial charge is 0.305 e. The van der Waals surface area contributed by atoms with Crippen LogP contribution in [0.4, 0.5) is 0 Å². The van der Waals surface area contributed by atoms with Crippen molar-refractivity contribution in [3.63, 3.8) is 0 Å². The van der Waals surface area contributed by atoms with E-state index < -0.39 is 5.97 Å². The Bertz CT molecular complexity index is 490. The van der Waals surface area contributed by atoms with Crippen LogP contribution in [-0.2, 0) is 4.79 Å². The molecule has 110 valence electrons. The first-order valence-electron chi connectivity index (χ1n) is 6.56. The molecule has 0 spiro atoms. The average molecular weight is 362 g/mol. The Labute approximate surface area is 132 Å². The minimum absolute atomic E-state index is 0.101. The molecule has 1 N–H and O–H groups in total. The minimum atomic E-state index is -0.782. The van der Waals surface area contributed by atoms with Gasteiger partial charge < -0.3 is 10.0 Å². The molecular formula is C14H18BrClN2O2. The van der Waals surface area contributed by atoms with Gasteiger partial charge in [0.25, 0.3) is 0 Å². The Balaban J connectivity index is 2.24. The number of hydrogen-bond donors (Lipinski definition) is 1. The highest BCUT2D eigenvalue weighted by Crippen LogP contribution is 2.33. The molecule has 0 amide bonds. The largest absolute Gasteiger partial charge is 0.481 e. The Hall–Kier alpha value is -0.620. The normalized spacial score (nSPS) is 18.9. The first kappa shape index (κ1) is 15.8. The second-order valence-electron chi connectivity index (χ2n) is 5.12. The third kappa shape index (κ3) is 3.95. The van der Waals surface area contributed by atoms with Crippen LogP contribution in [0.25, 0.3) is 0 Å². The highest BCUT2D eigenvalue weighted by molar-refractivity contribution is 9.10. The molecule has 1 unspecified atom stereocenters. The topological polar surface area (TPSA) is 43.8 Å². The van der Waals surface area contributed by atoms with Gasteiger partial charge in [0.2, 0.25) is 0 Å². The summed E-state index contributed by atoms with van der Waals surface area (Å²) in [6, 6.07) is 5.43. The Morgan fingerprint density at radius 1 is 1.40 bits per heavy atom. The SMILES string of the molecule is CN1CCN(C(CC(=O)O)c2ccc(Cl)cc2Br)CC1. The maximum absolute atomic E-state index is 11.2. The molecular weight excluding hydrogens is 344 g/mol. The van der Waals surface area contributed by atoms with Crippen LogP contribution in [0.2, 0.25) is 5.02 Å². The molecule has 1 heterocycles. The molecule has 1 aliphatic heterocycles. The van der Waals surface area contributed by atoms with Gasteiger partial charge in [0, 0.05) is 41.7 Å². The average Bonchev–Trinajstić information content (AvgIpc) is 2.37. The molecule has 1 atom stereocenters. The second kappa shape index (κ2) is 6.89. The third-order valence-electron chi connectivity index (χ3n) is 3.67. The van der Waals surface area contributed by atoms with Gasteiger partial charge in [0.05, 0.1) is 6.42 Å². The molecule has 1 aliphatic rings. The standard InChI is InChI=1S/C14H18BrClN2O2/c1-17-4-6-18(7-5-17)13(9-14(19)20)11-3-2-10(16)8-12(11)15/h2-3,8,13H,4-7,9H2,1H3,(H,19,20). The van der Waals surface area contributed by atoms with Crippen LogP contribution >= 0.6 is 27.5 Å². The Morgan fingerprint density at radius 3 is 2.60 bits per heavy atom. The first-order valence-corrected chi connectivity index (χ1v) is 7.74. The number of aliphatic carboxylic acids is 1. The summed E-state index contributed by atoms with van der Waals surface area (Å²) in [6.07, 6.45) is 0.101. The van der Waals surface area contributed by atoms with E-state index in [2.05, 4.69) is 32.8 Å². The molecule has 20 heavy (non-hydrogen) atoms. The highest BCUT2D eigenvalue weighted by atomic mass is 79.9. The Morgan fingerprint density at radius 2 is 2.05 bits per heavy atom. The maximum Gasteiger partial charge on any atom is 0.305 e. The number of carboxylic acids is 1. The molecule has 0 bridgehead atoms. The van der Waals surface area contributed by atoms with E-state index in [1.807, 2.05) is 18.2 Å². The quantitative estimate of drug-likeness (QED) is 0.895. The van der Waals surface area contributed by atoms with Gasteiger partial charge in [0.15, 0.2) is 0 Å². The molecule has 0 saturated carbocycles. The molecule has 0 aromatic heterocycles. The van der Waals surface area contributed by atoms with Crippen LogP contribution in [0.3, 0.4) is 0 Å². The minimum Gasteiger partial charge on any atom is -0.481 e. The van der Waals surface area contributed by atoms with E-state index in [1.165, 1.54) is 0 Å². The fourth-order valence-corrected chi connectivity index (χ4v) is 3.45. The number of halogens is 2. The van der Waals surface area contributed by atoms with Gasteiger partial charge in [-0.15, -0.1) is 0 Å². The van der Waals surface area contributed by atoms with E-state index in [4.69, 9.17) is 11.6 Å². The van der Waals surface area contributed by atoms with Crippen LogP contribution in [0.5, 0.6) is 0 Å². The van der Waals surface area contributed by atoms with Crippen molar-refractivity contribution >= 4 is 33.5 Å². The number of hydrogen-bond acceptors (Lipinski definition) is 3. The van der Waals surface area contributed by atoms with E-state index in [1.54, 1.807) is 0 Å². The lowest BCUT2D eigenvalue weighted by molar-refractivity contribution is -0.138. The van der Waals surface area contributed by atoms with Crippen LogP contribution in [0.1, 0.15) is 18.0 Å². The summed E-state index contributed by atoms with van der Waals surface area (Å²) in [7, 11) is 2.09. The van der Waals surface area contributed by atoms with Gasteiger partial charge in [-0.1, -0.05) is 33.6 Å². The molecule has 0 aliphatic carbocycles. The van der Waals surface area contributed by atoms with Crippen molar-refractivity contribution in [2.45, 2.75) is 12.5 Å². The molecule has 6 heteroatoms. The zero-order valence-corrected chi connectivity index (χ0v) is 13.7. The number of carbonyl (C=O) groups is 1. The maximum atomic E-state index is 11.2. The molecule has 1 aromatic carbocycles.